The zero-order valence-corrected chi connectivity index (χ0v) is 26.0. The van der Waals surface area contributed by atoms with Gasteiger partial charge in [0.15, 0.2) is 0 Å². The van der Waals surface area contributed by atoms with Crippen LogP contribution in [0.1, 0.15) is 48.1 Å². The summed E-state index contributed by atoms with van der Waals surface area (Å²) in [6.45, 7) is 1.50. The van der Waals surface area contributed by atoms with Crippen LogP contribution in [0.2, 0.25) is 10.0 Å². The van der Waals surface area contributed by atoms with Crippen LogP contribution in [0.3, 0.4) is 0 Å². The molecule has 1 unspecified atom stereocenters. The van der Waals surface area contributed by atoms with Gasteiger partial charge in [0.1, 0.15) is 16.4 Å². The number of anilines is 1. The molecule has 1 saturated carbocycles. The summed E-state index contributed by atoms with van der Waals surface area (Å²) in [6, 6.07) is 18.5. The fraction of sp³-hybridized carbons (Fsp3) is 0.233. The van der Waals surface area contributed by atoms with Gasteiger partial charge in [-0.2, -0.15) is 0 Å². The van der Waals surface area contributed by atoms with E-state index in [4.69, 9.17) is 27.6 Å². The van der Waals surface area contributed by atoms with E-state index in [-0.39, 0.29) is 55.1 Å². The number of rotatable bonds is 11. The minimum Gasteiger partial charge on any atom is -0.507 e. The molecule has 13 heteroatoms. The van der Waals surface area contributed by atoms with Gasteiger partial charge in [-0.25, -0.2) is 26.4 Å². The van der Waals surface area contributed by atoms with E-state index in [0.717, 1.165) is 12.8 Å². The van der Waals surface area contributed by atoms with Crippen LogP contribution < -0.4 is 15.1 Å². The van der Waals surface area contributed by atoms with Crippen molar-refractivity contribution in [2.24, 2.45) is 5.92 Å². The Morgan fingerprint density at radius 2 is 1.67 bits per heavy atom. The molecule has 9 nitrogen and oxygen atoms in total. The van der Waals surface area contributed by atoms with Crippen molar-refractivity contribution in [1.82, 2.24) is 4.72 Å². The molecule has 5 rings (SSSR count). The second kappa shape index (κ2) is 12.3. The van der Waals surface area contributed by atoms with Gasteiger partial charge in [0.2, 0.25) is 10.0 Å². The Labute approximate surface area is 259 Å². The molecule has 4 aromatic rings. The van der Waals surface area contributed by atoms with Crippen LogP contribution in [0.25, 0.3) is 0 Å². The molecule has 1 heterocycles. The number of benzene rings is 3. The minimum atomic E-state index is -4.10. The summed E-state index contributed by atoms with van der Waals surface area (Å²) in [7, 11) is -8.01. The number of aromatic hydroxyl groups is 1. The van der Waals surface area contributed by atoms with Crippen molar-refractivity contribution in [2.75, 3.05) is 4.72 Å². The SMILES string of the molecule is CCc1ccccc1S(=O)(=O)NCc1cc(O)c(C(c2cccc(NS(=O)(=O)c3cc(Cl)ccc3Cl)c2)C2CC2)c(=O)o1. The first-order valence-corrected chi connectivity index (χ1v) is 17.1. The van der Waals surface area contributed by atoms with Crippen molar-refractivity contribution < 1.29 is 26.4 Å². The van der Waals surface area contributed by atoms with Gasteiger partial charge in [-0.15, -0.1) is 0 Å². The van der Waals surface area contributed by atoms with Crippen molar-refractivity contribution in [3.05, 3.63) is 116 Å². The summed E-state index contributed by atoms with van der Waals surface area (Å²) in [5.41, 5.74) is 0.663. The Hall–Kier alpha value is -3.35. The molecule has 1 aliphatic rings. The lowest BCUT2D eigenvalue weighted by atomic mass is 9.87. The number of nitrogens with one attached hydrogen (secondary N) is 2. The first kappa shape index (κ1) is 31.1. The average Bonchev–Trinajstić information content (AvgIpc) is 3.80. The zero-order valence-electron chi connectivity index (χ0n) is 22.9. The lowest BCUT2D eigenvalue weighted by Crippen LogP contribution is -2.25. The molecule has 43 heavy (non-hydrogen) atoms. The molecule has 1 aliphatic carbocycles. The smallest absolute Gasteiger partial charge is 0.343 e. The predicted molar refractivity (Wildman–Crippen MR) is 165 cm³/mol. The highest BCUT2D eigenvalue weighted by Gasteiger charge is 2.37. The highest BCUT2D eigenvalue weighted by atomic mass is 35.5. The average molecular weight is 664 g/mol. The largest absolute Gasteiger partial charge is 0.507 e. The molecule has 0 spiro atoms. The Bertz CT molecular complexity index is 1960. The third kappa shape index (κ3) is 6.91. The standard InChI is InChI=1S/C30H28Cl2N2O7S2/c1-2-18-6-3-4-9-26(18)42(37,38)33-17-23-16-25(35)29(30(36)41-23)28(19-10-11-19)20-7-5-8-22(14-20)34-43(39,40)27-15-21(31)12-13-24(27)32/h3-9,12-16,19,28,33-35H,2,10-11,17H2,1H3. The third-order valence-corrected chi connectivity index (χ3v) is 10.8. The summed E-state index contributed by atoms with van der Waals surface area (Å²) >= 11 is 12.1. The Balaban J connectivity index is 1.41. The molecule has 0 amide bonds. The van der Waals surface area contributed by atoms with Crippen molar-refractivity contribution in [2.45, 2.75) is 48.4 Å². The summed E-state index contributed by atoms with van der Waals surface area (Å²) in [5.74, 6) is -0.971. The molecule has 1 aromatic heterocycles. The second-order valence-corrected chi connectivity index (χ2v) is 14.4. The molecular formula is C30H28Cl2N2O7S2. The van der Waals surface area contributed by atoms with Gasteiger partial charge in [-0.1, -0.05) is 60.5 Å². The van der Waals surface area contributed by atoms with E-state index in [9.17, 15) is 26.7 Å². The van der Waals surface area contributed by atoms with Crippen LogP contribution in [-0.4, -0.2) is 21.9 Å². The Morgan fingerprint density at radius 1 is 0.930 bits per heavy atom. The normalized spacial score (nSPS) is 14.4. The van der Waals surface area contributed by atoms with Crippen LogP contribution in [0.4, 0.5) is 5.69 Å². The monoisotopic (exact) mass is 662 g/mol. The third-order valence-electron chi connectivity index (χ3n) is 7.18. The highest BCUT2D eigenvalue weighted by Crippen LogP contribution is 2.48. The van der Waals surface area contributed by atoms with Crippen molar-refractivity contribution in [1.29, 1.82) is 0 Å². The van der Waals surface area contributed by atoms with E-state index in [1.54, 1.807) is 42.5 Å². The molecule has 1 atom stereocenters. The molecule has 3 N–H and O–H groups in total. The summed E-state index contributed by atoms with van der Waals surface area (Å²) in [5, 5.41) is 11.2. The lowest BCUT2D eigenvalue weighted by Gasteiger charge is -2.19. The predicted octanol–water partition coefficient (Wildman–Crippen LogP) is 6.04. The Kier molecular flexibility index (Phi) is 8.92. The van der Waals surface area contributed by atoms with Crippen LogP contribution in [0, 0.1) is 5.92 Å². The first-order chi connectivity index (χ1) is 20.4. The fourth-order valence-electron chi connectivity index (χ4n) is 5.01. The van der Waals surface area contributed by atoms with Gasteiger partial charge in [-0.05, 0) is 72.7 Å². The number of hydrogen-bond acceptors (Lipinski definition) is 7. The van der Waals surface area contributed by atoms with E-state index in [1.807, 2.05) is 6.92 Å². The zero-order chi connectivity index (χ0) is 30.9. The summed E-state index contributed by atoms with van der Waals surface area (Å²) < 4.78 is 62.4. The maximum absolute atomic E-state index is 13.2. The number of aryl methyl sites for hydroxylation is 1. The van der Waals surface area contributed by atoms with Crippen molar-refractivity contribution in [3.8, 4) is 5.75 Å². The van der Waals surface area contributed by atoms with Gasteiger partial charge in [0.05, 0.1) is 22.0 Å². The number of hydrogen-bond donors (Lipinski definition) is 3. The topological polar surface area (TPSA) is 143 Å². The molecule has 1 fully saturated rings. The van der Waals surface area contributed by atoms with Gasteiger partial charge >= 0.3 is 5.63 Å². The van der Waals surface area contributed by atoms with E-state index >= 15 is 0 Å². The maximum atomic E-state index is 13.2. The van der Waals surface area contributed by atoms with Crippen LogP contribution in [0.15, 0.2) is 91.8 Å². The maximum Gasteiger partial charge on any atom is 0.343 e. The van der Waals surface area contributed by atoms with Crippen molar-refractivity contribution >= 4 is 48.9 Å². The van der Waals surface area contributed by atoms with Crippen LogP contribution in [0.5, 0.6) is 5.75 Å². The highest BCUT2D eigenvalue weighted by molar-refractivity contribution is 7.92. The molecular weight excluding hydrogens is 635 g/mol. The van der Waals surface area contributed by atoms with Gasteiger partial charge in [-0.3, -0.25) is 4.72 Å². The number of halogens is 2. The molecule has 3 aromatic carbocycles. The van der Waals surface area contributed by atoms with E-state index in [1.165, 1.54) is 30.3 Å². The first-order valence-electron chi connectivity index (χ1n) is 13.4. The van der Waals surface area contributed by atoms with Crippen LogP contribution in [-0.2, 0) is 33.0 Å². The van der Waals surface area contributed by atoms with Gasteiger partial charge < -0.3 is 9.52 Å². The van der Waals surface area contributed by atoms with Gasteiger partial charge in [0, 0.05) is 22.7 Å². The van der Waals surface area contributed by atoms with Crippen LogP contribution >= 0.6 is 23.2 Å². The Morgan fingerprint density at radius 3 is 2.37 bits per heavy atom. The quantitative estimate of drug-likeness (QED) is 0.178. The molecule has 0 saturated heterocycles. The summed E-state index contributed by atoms with van der Waals surface area (Å²) in [6.07, 6.45) is 2.09. The van der Waals surface area contributed by atoms with E-state index in [0.29, 0.717) is 17.5 Å². The van der Waals surface area contributed by atoms with E-state index in [2.05, 4.69) is 9.44 Å². The minimum absolute atomic E-state index is 0.00314. The second-order valence-electron chi connectivity index (χ2n) is 10.2. The fourth-order valence-corrected chi connectivity index (χ4v) is 8.12. The molecule has 0 bridgehead atoms. The van der Waals surface area contributed by atoms with Gasteiger partial charge in [0.25, 0.3) is 10.0 Å². The molecule has 0 radical (unpaired) electrons. The molecule has 0 aliphatic heterocycles. The summed E-state index contributed by atoms with van der Waals surface area (Å²) in [4.78, 5) is 13.2. The van der Waals surface area contributed by atoms with Crippen molar-refractivity contribution in [3.63, 3.8) is 0 Å². The lowest BCUT2D eigenvalue weighted by molar-refractivity contribution is 0.401. The van der Waals surface area contributed by atoms with E-state index < -0.39 is 31.6 Å². The number of sulfonamides is 2. The molecule has 226 valence electrons.